The Morgan fingerprint density at radius 3 is 2.44 bits per heavy atom. The topological polar surface area (TPSA) is 63.6 Å². The van der Waals surface area contributed by atoms with Gasteiger partial charge < -0.3 is 5.11 Å². The van der Waals surface area contributed by atoms with Crippen LogP contribution in [0.5, 0.6) is 0 Å². The molecule has 1 saturated heterocycles. The predicted octanol–water partition coefficient (Wildman–Crippen LogP) is 0.273. The first-order valence-electron chi connectivity index (χ1n) is 4.90. The smallest absolute Gasteiger partial charge is 0.390 e. The lowest BCUT2D eigenvalue weighted by molar-refractivity contribution is -0.196. The van der Waals surface area contributed by atoms with E-state index in [9.17, 15) is 26.7 Å². The summed E-state index contributed by atoms with van der Waals surface area (Å²) in [6.07, 6.45) is -6.79. The Kier molecular flexibility index (Phi) is 1.84. The van der Waals surface area contributed by atoms with E-state index in [1.165, 1.54) is 0 Å². The van der Waals surface area contributed by atoms with Gasteiger partial charge in [-0.3, -0.25) is 4.18 Å². The molecule has 1 N–H and O–H groups in total. The third-order valence-electron chi connectivity index (χ3n) is 3.94. The molecule has 16 heavy (non-hydrogen) atoms. The van der Waals surface area contributed by atoms with Gasteiger partial charge in [-0.1, -0.05) is 0 Å². The molecule has 3 rings (SSSR count). The third kappa shape index (κ3) is 1.10. The number of halogens is 3. The van der Waals surface area contributed by atoms with Crippen molar-refractivity contribution in [3.8, 4) is 0 Å². The van der Waals surface area contributed by atoms with Crippen molar-refractivity contribution in [3.63, 3.8) is 0 Å². The molecule has 2 saturated carbocycles. The van der Waals surface area contributed by atoms with Gasteiger partial charge in [0, 0.05) is 11.8 Å². The zero-order valence-electron chi connectivity index (χ0n) is 7.89. The SMILES string of the molecule is O=S1(=O)OC2C(O)C3CC2C1C3C(F)(F)F. The summed E-state index contributed by atoms with van der Waals surface area (Å²) in [6, 6.07) is 0. The maximum absolute atomic E-state index is 12.8. The van der Waals surface area contributed by atoms with Crippen molar-refractivity contribution in [2.75, 3.05) is 0 Å². The van der Waals surface area contributed by atoms with Crippen molar-refractivity contribution >= 4 is 10.1 Å². The van der Waals surface area contributed by atoms with Crippen LogP contribution in [0.4, 0.5) is 13.2 Å². The lowest BCUT2D eigenvalue weighted by Gasteiger charge is -2.29. The van der Waals surface area contributed by atoms with E-state index in [1.807, 2.05) is 0 Å². The minimum atomic E-state index is -4.60. The van der Waals surface area contributed by atoms with Crippen LogP contribution in [0.15, 0.2) is 0 Å². The van der Waals surface area contributed by atoms with Gasteiger partial charge in [0.1, 0.15) is 11.4 Å². The molecule has 1 heterocycles. The minimum Gasteiger partial charge on any atom is -0.390 e. The van der Waals surface area contributed by atoms with Crippen molar-refractivity contribution in [2.24, 2.45) is 17.8 Å². The molecule has 6 atom stereocenters. The van der Waals surface area contributed by atoms with E-state index in [-0.39, 0.29) is 6.42 Å². The molecule has 4 nitrogen and oxygen atoms in total. The maximum atomic E-state index is 12.8. The van der Waals surface area contributed by atoms with Gasteiger partial charge in [-0.15, -0.1) is 0 Å². The van der Waals surface area contributed by atoms with Crippen molar-refractivity contribution in [3.05, 3.63) is 0 Å². The molecule has 2 aliphatic carbocycles. The van der Waals surface area contributed by atoms with Gasteiger partial charge in [0.05, 0.1) is 12.0 Å². The molecule has 3 aliphatic rings. The first-order valence-corrected chi connectivity index (χ1v) is 6.37. The fourth-order valence-corrected chi connectivity index (χ4v) is 5.55. The van der Waals surface area contributed by atoms with Crippen LogP contribution in [-0.2, 0) is 14.3 Å². The second-order valence-electron chi connectivity index (χ2n) is 4.64. The molecule has 3 fully saturated rings. The van der Waals surface area contributed by atoms with Crippen LogP contribution in [0.3, 0.4) is 0 Å². The average molecular weight is 258 g/mol. The average Bonchev–Trinajstić information content (AvgIpc) is 2.66. The summed E-state index contributed by atoms with van der Waals surface area (Å²) in [5.41, 5.74) is 0. The van der Waals surface area contributed by atoms with Crippen molar-refractivity contribution < 1.29 is 30.9 Å². The number of rotatable bonds is 0. The van der Waals surface area contributed by atoms with Gasteiger partial charge in [0.2, 0.25) is 0 Å². The van der Waals surface area contributed by atoms with Crippen molar-refractivity contribution in [2.45, 2.75) is 30.1 Å². The van der Waals surface area contributed by atoms with Crippen molar-refractivity contribution in [1.82, 2.24) is 0 Å². The summed E-state index contributed by atoms with van der Waals surface area (Å²) in [6.45, 7) is 0. The number of aliphatic hydroxyl groups excluding tert-OH is 1. The summed E-state index contributed by atoms with van der Waals surface area (Å²) < 4.78 is 65.8. The van der Waals surface area contributed by atoms with Gasteiger partial charge in [-0.2, -0.15) is 21.6 Å². The minimum absolute atomic E-state index is 0.0832. The molecule has 1 aliphatic heterocycles. The number of hydrogen-bond acceptors (Lipinski definition) is 4. The quantitative estimate of drug-likeness (QED) is 0.634. The number of fused-ring (bicyclic) bond motifs is 1. The second-order valence-corrected chi connectivity index (χ2v) is 6.36. The van der Waals surface area contributed by atoms with E-state index in [4.69, 9.17) is 0 Å². The van der Waals surface area contributed by atoms with E-state index in [1.54, 1.807) is 0 Å². The standard InChI is InChI=1S/C8H9F3O4S/c9-8(10,11)4-2-1-3-6(5(2)12)15-16(13,14)7(3)4/h2-7,12H,1H2. The van der Waals surface area contributed by atoms with E-state index in [0.29, 0.717) is 0 Å². The molecule has 0 radical (unpaired) electrons. The van der Waals surface area contributed by atoms with Gasteiger partial charge in [-0.05, 0) is 6.42 Å². The largest absolute Gasteiger partial charge is 0.393 e. The summed E-state index contributed by atoms with van der Waals surface area (Å²) in [4.78, 5) is 0. The van der Waals surface area contributed by atoms with E-state index in [2.05, 4.69) is 4.18 Å². The van der Waals surface area contributed by atoms with Crippen LogP contribution in [0.1, 0.15) is 6.42 Å². The highest BCUT2D eigenvalue weighted by Gasteiger charge is 2.73. The fourth-order valence-electron chi connectivity index (χ4n) is 3.44. The van der Waals surface area contributed by atoms with Gasteiger partial charge >= 0.3 is 6.18 Å². The summed E-state index contributed by atoms with van der Waals surface area (Å²) in [5, 5.41) is 8.07. The van der Waals surface area contributed by atoms with Crippen molar-refractivity contribution in [1.29, 1.82) is 0 Å². The Labute approximate surface area is 89.5 Å². The Hall–Kier alpha value is -0.340. The maximum Gasteiger partial charge on any atom is 0.393 e. The van der Waals surface area contributed by atoms with Gasteiger partial charge in [-0.25, -0.2) is 0 Å². The molecule has 0 amide bonds. The first kappa shape index (κ1) is 10.8. The molecule has 6 unspecified atom stereocenters. The molecule has 8 heteroatoms. The highest BCUT2D eigenvalue weighted by Crippen LogP contribution is 2.61. The lowest BCUT2D eigenvalue weighted by atomic mass is 9.84. The van der Waals surface area contributed by atoms with E-state index >= 15 is 0 Å². The highest BCUT2D eigenvalue weighted by molar-refractivity contribution is 7.87. The summed E-state index contributed by atoms with van der Waals surface area (Å²) in [7, 11) is -4.18. The van der Waals surface area contributed by atoms with Crippen LogP contribution in [-0.4, -0.2) is 37.2 Å². The van der Waals surface area contributed by atoms with Gasteiger partial charge in [0.25, 0.3) is 10.1 Å². The van der Waals surface area contributed by atoms with Crippen LogP contribution < -0.4 is 0 Å². The molecule has 0 aromatic carbocycles. The Balaban J connectivity index is 2.11. The first-order chi connectivity index (χ1) is 7.23. The van der Waals surface area contributed by atoms with Crippen LogP contribution >= 0.6 is 0 Å². The zero-order valence-corrected chi connectivity index (χ0v) is 8.70. The second kappa shape index (κ2) is 2.73. The number of alkyl halides is 3. The molecule has 92 valence electrons. The van der Waals surface area contributed by atoms with E-state index < -0.39 is 51.5 Å². The zero-order chi connectivity index (χ0) is 11.9. The normalized spacial score (nSPS) is 53.5. The van der Waals surface area contributed by atoms with Gasteiger partial charge in [0.15, 0.2) is 0 Å². The number of aliphatic hydroxyl groups is 1. The Morgan fingerprint density at radius 2 is 1.88 bits per heavy atom. The summed E-state index contributed by atoms with van der Waals surface area (Å²) in [5.74, 6) is -3.70. The Morgan fingerprint density at radius 1 is 1.25 bits per heavy atom. The van der Waals surface area contributed by atoms with Crippen LogP contribution in [0.2, 0.25) is 0 Å². The molecule has 0 aromatic rings. The fraction of sp³-hybridized carbons (Fsp3) is 1.00. The van der Waals surface area contributed by atoms with Crippen LogP contribution in [0, 0.1) is 17.8 Å². The lowest BCUT2D eigenvalue weighted by Crippen LogP contribution is -2.46. The molecule has 2 bridgehead atoms. The third-order valence-corrected chi connectivity index (χ3v) is 5.74. The monoisotopic (exact) mass is 258 g/mol. The summed E-state index contributed by atoms with van der Waals surface area (Å²) >= 11 is 0. The molecular formula is C8H9F3O4S. The molecule has 0 spiro atoms. The number of hydrogen-bond donors (Lipinski definition) is 1. The molecular weight excluding hydrogens is 249 g/mol. The predicted molar refractivity (Wildman–Crippen MR) is 44.7 cm³/mol. The highest BCUT2D eigenvalue weighted by atomic mass is 32.2. The van der Waals surface area contributed by atoms with E-state index in [0.717, 1.165) is 0 Å². The Bertz CT molecular complexity index is 431. The molecule has 0 aromatic heterocycles. The van der Waals surface area contributed by atoms with Crippen LogP contribution in [0.25, 0.3) is 0 Å².